The minimum Gasteiger partial charge on any atom is -0.393 e. The summed E-state index contributed by atoms with van der Waals surface area (Å²) in [5.41, 5.74) is 4.50. The van der Waals surface area contributed by atoms with Crippen LogP contribution in [0.4, 0.5) is 0 Å². The molecule has 5 heteroatoms. The molecule has 0 aliphatic heterocycles. The lowest BCUT2D eigenvalue weighted by Gasteiger charge is -2.24. The first kappa shape index (κ1) is 16.0. The van der Waals surface area contributed by atoms with Crippen LogP contribution in [-0.2, 0) is 11.2 Å². The van der Waals surface area contributed by atoms with Crippen LogP contribution in [0.1, 0.15) is 42.6 Å². The number of hydrogen-bond acceptors (Lipinski definition) is 3. The maximum Gasteiger partial charge on any atom is 0.223 e. The van der Waals surface area contributed by atoms with Gasteiger partial charge >= 0.3 is 0 Å². The molecule has 0 radical (unpaired) electrons. The molecule has 0 bridgehead atoms. The Hall–Kier alpha value is -1.88. The Morgan fingerprint density at radius 3 is 3.00 bits per heavy atom. The van der Waals surface area contributed by atoms with E-state index < -0.39 is 0 Å². The molecular formula is C18H25N3O2. The van der Waals surface area contributed by atoms with Crippen LogP contribution in [0.15, 0.2) is 12.1 Å². The van der Waals surface area contributed by atoms with Crippen LogP contribution in [0.5, 0.6) is 0 Å². The molecule has 2 atom stereocenters. The lowest BCUT2D eigenvalue weighted by molar-refractivity contribution is -0.127. The van der Waals surface area contributed by atoms with Crippen molar-refractivity contribution < 1.29 is 9.90 Å². The summed E-state index contributed by atoms with van der Waals surface area (Å²) in [5.74, 6) is 0.920. The normalized spacial score (nSPS) is 21.5. The highest BCUT2D eigenvalue weighted by atomic mass is 16.3. The van der Waals surface area contributed by atoms with Gasteiger partial charge in [0.25, 0.3) is 0 Å². The summed E-state index contributed by atoms with van der Waals surface area (Å²) in [5, 5.41) is 12.6. The number of amides is 1. The monoisotopic (exact) mass is 315 g/mol. The van der Waals surface area contributed by atoms with Crippen molar-refractivity contribution >= 4 is 16.9 Å². The van der Waals surface area contributed by atoms with Crippen LogP contribution in [0.25, 0.3) is 11.0 Å². The molecule has 0 saturated heterocycles. The fourth-order valence-corrected chi connectivity index (χ4v) is 3.33. The fraction of sp³-hybridized carbons (Fsp3) is 0.556. The third kappa shape index (κ3) is 3.55. The van der Waals surface area contributed by atoms with Crippen LogP contribution >= 0.6 is 0 Å². The number of carbonyl (C=O) groups is 1. The van der Waals surface area contributed by atoms with Crippen molar-refractivity contribution in [2.45, 2.75) is 52.1 Å². The van der Waals surface area contributed by atoms with Gasteiger partial charge in [-0.1, -0.05) is 12.5 Å². The predicted octanol–water partition coefficient (Wildman–Crippen LogP) is 2.39. The van der Waals surface area contributed by atoms with E-state index in [1.54, 1.807) is 0 Å². The maximum absolute atomic E-state index is 12.2. The number of rotatable bonds is 4. The molecule has 1 aromatic carbocycles. The molecule has 3 rings (SSSR count). The number of aliphatic hydroxyl groups is 1. The molecule has 2 aromatic rings. The number of aromatic nitrogens is 2. The number of imidazole rings is 1. The highest BCUT2D eigenvalue weighted by Crippen LogP contribution is 2.24. The van der Waals surface area contributed by atoms with Gasteiger partial charge in [0.2, 0.25) is 5.91 Å². The van der Waals surface area contributed by atoms with Crippen LogP contribution in [0, 0.1) is 19.8 Å². The zero-order valence-corrected chi connectivity index (χ0v) is 13.9. The highest BCUT2D eigenvalue weighted by molar-refractivity contribution is 5.80. The molecule has 0 spiro atoms. The Balaban J connectivity index is 1.56. The van der Waals surface area contributed by atoms with Gasteiger partial charge in [0.15, 0.2) is 0 Å². The second-order valence-corrected chi connectivity index (χ2v) is 6.65. The summed E-state index contributed by atoms with van der Waals surface area (Å²) in [4.78, 5) is 20.1. The Morgan fingerprint density at radius 2 is 2.22 bits per heavy atom. The van der Waals surface area contributed by atoms with Gasteiger partial charge in [-0.15, -0.1) is 0 Å². The summed E-state index contributed by atoms with van der Waals surface area (Å²) >= 11 is 0. The lowest BCUT2D eigenvalue weighted by Crippen LogP contribution is -2.36. The van der Waals surface area contributed by atoms with Crippen molar-refractivity contribution in [2.75, 3.05) is 6.54 Å². The summed E-state index contributed by atoms with van der Waals surface area (Å²) in [6.45, 7) is 4.74. The van der Waals surface area contributed by atoms with E-state index >= 15 is 0 Å². The van der Waals surface area contributed by atoms with E-state index in [-0.39, 0.29) is 17.9 Å². The van der Waals surface area contributed by atoms with Crippen molar-refractivity contribution in [3.8, 4) is 0 Å². The highest BCUT2D eigenvalue weighted by Gasteiger charge is 2.25. The van der Waals surface area contributed by atoms with E-state index in [0.29, 0.717) is 19.4 Å². The number of nitrogens with zero attached hydrogens (tertiary/aromatic N) is 1. The zero-order chi connectivity index (χ0) is 16.4. The minimum absolute atomic E-state index is 0.0423. The number of nitrogens with one attached hydrogen (secondary N) is 2. The Labute approximate surface area is 136 Å². The number of fused-ring (bicyclic) bond motifs is 1. The van der Waals surface area contributed by atoms with E-state index in [0.717, 1.165) is 36.1 Å². The molecule has 124 valence electrons. The fourth-order valence-electron chi connectivity index (χ4n) is 3.33. The number of hydrogen-bond donors (Lipinski definition) is 3. The van der Waals surface area contributed by atoms with E-state index in [2.05, 4.69) is 41.3 Å². The van der Waals surface area contributed by atoms with Crippen LogP contribution in [0.3, 0.4) is 0 Å². The molecule has 1 fully saturated rings. The molecule has 5 nitrogen and oxygen atoms in total. The molecule has 1 aromatic heterocycles. The number of aryl methyl sites for hydroxylation is 2. The molecule has 1 aliphatic carbocycles. The Kier molecular flexibility index (Phi) is 4.66. The quantitative estimate of drug-likeness (QED) is 0.810. The van der Waals surface area contributed by atoms with Crippen molar-refractivity contribution in [1.29, 1.82) is 0 Å². The first-order valence-corrected chi connectivity index (χ1v) is 8.45. The first-order valence-electron chi connectivity index (χ1n) is 8.45. The largest absolute Gasteiger partial charge is 0.393 e. The van der Waals surface area contributed by atoms with E-state index in [9.17, 15) is 9.90 Å². The average Bonchev–Trinajstić information content (AvgIpc) is 2.95. The van der Waals surface area contributed by atoms with E-state index in [1.165, 1.54) is 11.1 Å². The van der Waals surface area contributed by atoms with Crippen molar-refractivity contribution in [2.24, 2.45) is 5.92 Å². The minimum atomic E-state index is -0.318. The van der Waals surface area contributed by atoms with Gasteiger partial charge in [-0.3, -0.25) is 4.79 Å². The zero-order valence-electron chi connectivity index (χ0n) is 13.9. The number of aromatic amines is 1. The number of aliphatic hydroxyl groups excluding tert-OH is 1. The van der Waals surface area contributed by atoms with Gasteiger partial charge < -0.3 is 15.4 Å². The smallest absolute Gasteiger partial charge is 0.223 e. The summed E-state index contributed by atoms with van der Waals surface area (Å²) < 4.78 is 0. The average molecular weight is 315 g/mol. The third-order valence-corrected chi connectivity index (χ3v) is 4.91. The Morgan fingerprint density at radius 1 is 1.39 bits per heavy atom. The Bertz CT molecular complexity index is 708. The molecule has 1 amide bonds. The molecule has 1 heterocycles. The predicted molar refractivity (Wildman–Crippen MR) is 90.2 cm³/mol. The number of H-pyrrole nitrogens is 1. The second-order valence-electron chi connectivity index (χ2n) is 6.65. The van der Waals surface area contributed by atoms with Gasteiger partial charge in [0, 0.05) is 18.9 Å². The topological polar surface area (TPSA) is 78.0 Å². The number of carbonyl (C=O) groups excluding carboxylic acids is 1. The molecule has 23 heavy (non-hydrogen) atoms. The van der Waals surface area contributed by atoms with Gasteiger partial charge in [-0.25, -0.2) is 4.98 Å². The standard InChI is InChI=1S/C18H25N3O2/c1-11-6-7-15-17(12(11)2)21-16(20-15)8-9-19-18(23)13-4-3-5-14(22)10-13/h6-7,13-14,22H,3-5,8-10H2,1-2H3,(H,19,23)(H,20,21). The van der Waals surface area contributed by atoms with Crippen LogP contribution < -0.4 is 5.32 Å². The lowest BCUT2D eigenvalue weighted by atomic mass is 9.87. The maximum atomic E-state index is 12.2. The summed E-state index contributed by atoms with van der Waals surface area (Å²) in [7, 11) is 0. The summed E-state index contributed by atoms with van der Waals surface area (Å²) in [6, 6.07) is 4.14. The molecular weight excluding hydrogens is 290 g/mol. The second kappa shape index (κ2) is 6.71. The van der Waals surface area contributed by atoms with Crippen molar-refractivity contribution in [3.05, 3.63) is 29.1 Å². The van der Waals surface area contributed by atoms with E-state index in [4.69, 9.17) is 0 Å². The molecule has 1 aliphatic rings. The SMILES string of the molecule is Cc1ccc2[nH]c(CCNC(=O)C3CCCC(O)C3)nc2c1C. The molecule has 3 N–H and O–H groups in total. The van der Waals surface area contributed by atoms with Crippen molar-refractivity contribution in [1.82, 2.24) is 15.3 Å². The van der Waals surface area contributed by atoms with Gasteiger partial charge in [0.1, 0.15) is 5.82 Å². The van der Waals surface area contributed by atoms with Gasteiger partial charge in [-0.2, -0.15) is 0 Å². The summed E-state index contributed by atoms with van der Waals surface area (Å²) in [6.07, 6.45) is 3.60. The van der Waals surface area contributed by atoms with Crippen LogP contribution in [0.2, 0.25) is 0 Å². The number of benzene rings is 1. The van der Waals surface area contributed by atoms with Gasteiger partial charge in [0.05, 0.1) is 17.1 Å². The molecule has 2 unspecified atom stereocenters. The first-order chi connectivity index (χ1) is 11.0. The van der Waals surface area contributed by atoms with Gasteiger partial charge in [-0.05, 0) is 50.3 Å². The van der Waals surface area contributed by atoms with E-state index in [1.807, 2.05) is 0 Å². The molecule has 1 saturated carbocycles. The third-order valence-electron chi connectivity index (χ3n) is 4.91. The van der Waals surface area contributed by atoms with Crippen molar-refractivity contribution in [3.63, 3.8) is 0 Å². The van der Waals surface area contributed by atoms with Crippen LogP contribution in [-0.4, -0.2) is 33.6 Å².